The van der Waals surface area contributed by atoms with Gasteiger partial charge in [-0.15, -0.1) is 0 Å². The molecule has 33 heavy (non-hydrogen) atoms. The van der Waals surface area contributed by atoms with Gasteiger partial charge in [0.1, 0.15) is 11.7 Å². The van der Waals surface area contributed by atoms with Crippen LogP contribution in [0.5, 0.6) is 0 Å². The van der Waals surface area contributed by atoms with Gasteiger partial charge in [-0.1, -0.05) is 79.2 Å². The summed E-state index contributed by atoms with van der Waals surface area (Å²) in [4.78, 5) is 14.1. The van der Waals surface area contributed by atoms with Crippen molar-refractivity contribution >= 4 is 17.6 Å². The molecule has 3 aliphatic heterocycles. The number of esters is 1. The van der Waals surface area contributed by atoms with Crippen molar-refractivity contribution in [2.75, 3.05) is 13.1 Å². The largest absolute Gasteiger partial charge is 0.459 e. The standard InChI is InChI=1S/C28H35ClNO3/c1-2-26(29)33-28(21-11-5-3-6-12-21,22-13-7-4-8-14-22)27(31)32-25-19-23-15-16-24(20-25)30(23)17-9-10-18-30/h3-8,11-14,23-26H,2,9-10,15-20H2,1H3/q+1. The molecule has 1 spiro atoms. The molecule has 0 aromatic heterocycles. The number of hydrogen-bond acceptors (Lipinski definition) is 3. The lowest BCUT2D eigenvalue weighted by atomic mass is 9.85. The van der Waals surface area contributed by atoms with E-state index < -0.39 is 11.2 Å². The first-order valence-corrected chi connectivity index (χ1v) is 13.0. The van der Waals surface area contributed by atoms with Crippen molar-refractivity contribution < 1.29 is 18.8 Å². The fourth-order valence-electron chi connectivity index (χ4n) is 6.75. The van der Waals surface area contributed by atoms with E-state index in [1.807, 2.05) is 67.6 Å². The minimum absolute atomic E-state index is 0.0647. The summed E-state index contributed by atoms with van der Waals surface area (Å²) in [6.45, 7) is 4.57. The lowest BCUT2D eigenvalue weighted by Gasteiger charge is -2.47. The van der Waals surface area contributed by atoms with Crippen LogP contribution >= 0.6 is 11.6 Å². The second kappa shape index (κ2) is 9.40. The molecule has 3 heterocycles. The summed E-state index contributed by atoms with van der Waals surface area (Å²) in [6, 6.07) is 20.6. The molecule has 0 N–H and O–H groups in total. The van der Waals surface area contributed by atoms with Crippen LogP contribution in [0.1, 0.15) is 63.0 Å². The molecule has 176 valence electrons. The zero-order chi connectivity index (χ0) is 22.9. The van der Waals surface area contributed by atoms with E-state index in [2.05, 4.69) is 0 Å². The lowest BCUT2D eigenvalue weighted by Crippen LogP contribution is -2.60. The van der Waals surface area contributed by atoms with E-state index in [0.29, 0.717) is 18.5 Å². The number of hydrogen-bond donors (Lipinski definition) is 0. The van der Waals surface area contributed by atoms with Crippen molar-refractivity contribution in [1.29, 1.82) is 0 Å². The number of benzene rings is 2. The van der Waals surface area contributed by atoms with E-state index in [-0.39, 0.29) is 12.1 Å². The summed E-state index contributed by atoms with van der Waals surface area (Å²) in [5, 5.41) is 0. The summed E-state index contributed by atoms with van der Waals surface area (Å²) in [5.74, 6) is -0.349. The third-order valence-corrected chi connectivity index (χ3v) is 8.70. The molecule has 3 fully saturated rings. The number of nitrogens with zero attached hydrogens (tertiary/aromatic N) is 1. The number of carbonyl (C=O) groups excluding carboxylic acids is 1. The number of piperidine rings is 1. The molecule has 5 heteroatoms. The molecule has 0 saturated carbocycles. The highest BCUT2D eigenvalue weighted by Gasteiger charge is 2.57. The fraction of sp³-hybridized carbons (Fsp3) is 0.536. The quantitative estimate of drug-likeness (QED) is 0.294. The van der Waals surface area contributed by atoms with Crippen LogP contribution in [-0.2, 0) is 19.9 Å². The average Bonchev–Trinajstić information content (AvgIpc) is 3.40. The van der Waals surface area contributed by atoms with Crippen molar-refractivity contribution in [1.82, 2.24) is 0 Å². The van der Waals surface area contributed by atoms with Crippen LogP contribution in [0.4, 0.5) is 0 Å². The Kier molecular flexibility index (Phi) is 6.52. The highest BCUT2D eigenvalue weighted by Crippen LogP contribution is 2.47. The van der Waals surface area contributed by atoms with Gasteiger partial charge in [-0.3, -0.25) is 0 Å². The number of ether oxygens (including phenoxy) is 2. The highest BCUT2D eigenvalue weighted by atomic mass is 35.5. The van der Waals surface area contributed by atoms with E-state index in [1.165, 1.54) is 43.3 Å². The monoisotopic (exact) mass is 468 g/mol. The zero-order valence-electron chi connectivity index (χ0n) is 19.5. The van der Waals surface area contributed by atoms with E-state index in [1.54, 1.807) is 0 Å². The van der Waals surface area contributed by atoms with Crippen LogP contribution < -0.4 is 0 Å². The van der Waals surface area contributed by atoms with Crippen LogP contribution in [0.25, 0.3) is 0 Å². The zero-order valence-corrected chi connectivity index (χ0v) is 20.3. The van der Waals surface area contributed by atoms with Crippen LogP contribution in [0, 0.1) is 0 Å². The molecule has 3 unspecified atom stereocenters. The summed E-state index contributed by atoms with van der Waals surface area (Å²) in [5.41, 5.74) is -0.496. The summed E-state index contributed by atoms with van der Waals surface area (Å²) in [6.07, 6.45) is 7.64. The fourth-order valence-corrected chi connectivity index (χ4v) is 6.88. The Hall–Kier alpha value is -1.88. The number of rotatable bonds is 7. The van der Waals surface area contributed by atoms with Gasteiger partial charge < -0.3 is 14.0 Å². The molecular formula is C28H35ClNO3+. The summed E-state index contributed by atoms with van der Waals surface area (Å²) < 4.78 is 14.1. The molecule has 4 nitrogen and oxygen atoms in total. The highest BCUT2D eigenvalue weighted by molar-refractivity contribution is 6.19. The second-order valence-corrected chi connectivity index (χ2v) is 10.5. The van der Waals surface area contributed by atoms with Gasteiger partial charge in [0.15, 0.2) is 0 Å². The van der Waals surface area contributed by atoms with Crippen molar-refractivity contribution in [2.45, 2.75) is 81.2 Å². The Morgan fingerprint density at radius 1 is 0.970 bits per heavy atom. The SMILES string of the molecule is CCC(Cl)OC(C(=O)OC1CC2CCC(C1)[N+]21CCCC1)(c1ccccc1)c1ccccc1. The Labute approximate surface area is 202 Å². The van der Waals surface area contributed by atoms with Crippen molar-refractivity contribution in [3.8, 4) is 0 Å². The van der Waals surface area contributed by atoms with Gasteiger partial charge in [0.2, 0.25) is 5.60 Å². The van der Waals surface area contributed by atoms with Gasteiger partial charge >= 0.3 is 5.97 Å². The van der Waals surface area contributed by atoms with Gasteiger partial charge in [-0.25, -0.2) is 4.79 Å². The molecule has 3 saturated heterocycles. The van der Waals surface area contributed by atoms with E-state index >= 15 is 0 Å². The smallest absolute Gasteiger partial charge is 0.348 e. The number of quaternary nitrogens is 1. The van der Waals surface area contributed by atoms with Crippen LogP contribution in [0.15, 0.2) is 60.7 Å². The Bertz CT molecular complexity index is 889. The van der Waals surface area contributed by atoms with E-state index in [4.69, 9.17) is 21.1 Å². The molecule has 5 rings (SSSR count). The predicted octanol–water partition coefficient (Wildman–Crippen LogP) is 5.77. The summed E-state index contributed by atoms with van der Waals surface area (Å²) in [7, 11) is 0. The molecule has 0 aliphatic carbocycles. The van der Waals surface area contributed by atoms with Crippen molar-refractivity contribution in [3.63, 3.8) is 0 Å². The Morgan fingerprint density at radius 3 is 1.97 bits per heavy atom. The molecule has 3 aliphatic rings. The van der Waals surface area contributed by atoms with Gasteiger partial charge in [-0.2, -0.15) is 0 Å². The van der Waals surface area contributed by atoms with E-state index in [9.17, 15) is 4.79 Å². The topological polar surface area (TPSA) is 35.5 Å². The van der Waals surface area contributed by atoms with Gasteiger partial charge in [0.25, 0.3) is 0 Å². The molecule has 2 aromatic carbocycles. The van der Waals surface area contributed by atoms with Crippen LogP contribution in [0.2, 0.25) is 0 Å². The Balaban J connectivity index is 1.47. The van der Waals surface area contributed by atoms with Gasteiger partial charge in [-0.05, 0) is 17.5 Å². The number of halogens is 1. The maximum Gasteiger partial charge on any atom is 0.348 e. The predicted molar refractivity (Wildman–Crippen MR) is 130 cm³/mol. The van der Waals surface area contributed by atoms with Gasteiger partial charge in [0, 0.05) is 38.5 Å². The van der Waals surface area contributed by atoms with E-state index in [0.717, 1.165) is 24.0 Å². The maximum atomic E-state index is 14.1. The van der Waals surface area contributed by atoms with Crippen LogP contribution in [-0.4, -0.2) is 47.3 Å². The van der Waals surface area contributed by atoms with Crippen LogP contribution in [0.3, 0.4) is 0 Å². The minimum Gasteiger partial charge on any atom is -0.459 e. The minimum atomic E-state index is -1.39. The molecule has 3 atom stereocenters. The third-order valence-electron chi connectivity index (χ3n) is 8.30. The first-order chi connectivity index (χ1) is 16.1. The molecule has 2 bridgehead atoms. The molecule has 0 radical (unpaired) electrons. The average molecular weight is 469 g/mol. The normalized spacial score (nSPS) is 26.9. The Morgan fingerprint density at radius 2 is 1.48 bits per heavy atom. The summed E-state index contributed by atoms with van der Waals surface area (Å²) >= 11 is 6.54. The van der Waals surface area contributed by atoms with Crippen molar-refractivity contribution in [3.05, 3.63) is 71.8 Å². The lowest BCUT2D eigenvalue weighted by molar-refractivity contribution is -0.956. The second-order valence-electron chi connectivity index (χ2n) is 9.99. The molecule has 0 amide bonds. The molecular weight excluding hydrogens is 434 g/mol. The number of carbonyl (C=O) groups is 1. The maximum absolute atomic E-state index is 14.1. The van der Waals surface area contributed by atoms with Gasteiger partial charge in [0.05, 0.1) is 25.2 Å². The van der Waals surface area contributed by atoms with Crippen molar-refractivity contribution in [2.24, 2.45) is 0 Å². The first-order valence-electron chi connectivity index (χ1n) is 12.6. The number of alkyl halides is 1. The first kappa shape index (κ1) is 22.9. The third kappa shape index (κ3) is 4.00. The molecule has 2 aromatic rings.